The zero-order valence-corrected chi connectivity index (χ0v) is 11.2. The lowest BCUT2D eigenvalue weighted by Crippen LogP contribution is -2.11. The molecule has 0 fully saturated rings. The molecule has 0 aliphatic heterocycles. The van der Waals surface area contributed by atoms with Crippen molar-refractivity contribution >= 4 is 27.6 Å². The second kappa shape index (κ2) is 4.82. The quantitative estimate of drug-likeness (QED) is 0.873. The van der Waals surface area contributed by atoms with Crippen molar-refractivity contribution in [3.63, 3.8) is 0 Å². The maximum Gasteiger partial charge on any atom is 0.418 e. The molecule has 0 spiro atoms. The topological polar surface area (TPSA) is 81.1 Å². The SMILES string of the molecule is Nc1cn(-c2cc(Br)ccc2C(F)(F)F)nc1C(=O)O. The molecule has 0 aliphatic carbocycles. The number of halogens is 4. The van der Waals surface area contributed by atoms with Crippen LogP contribution in [-0.4, -0.2) is 20.9 Å². The molecule has 1 aromatic carbocycles. The molecule has 0 amide bonds. The van der Waals surface area contributed by atoms with Gasteiger partial charge in [0, 0.05) is 4.47 Å². The van der Waals surface area contributed by atoms with Gasteiger partial charge in [-0.3, -0.25) is 0 Å². The van der Waals surface area contributed by atoms with Crippen LogP contribution < -0.4 is 5.73 Å². The van der Waals surface area contributed by atoms with Crippen molar-refractivity contribution in [1.82, 2.24) is 9.78 Å². The van der Waals surface area contributed by atoms with E-state index in [4.69, 9.17) is 10.8 Å². The van der Waals surface area contributed by atoms with Gasteiger partial charge < -0.3 is 10.8 Å². The lowest BCUT2D eigenvalue weighted by molar-refractivity contribution is -0.137. The summed E-state index contributed by atoms with van der Waals surface area (Å²) in [6.45, 7) is 0. The molecule has 5 nitrogen and oxygen atoms in total. The second-order valence-electron chi connectivity index (χ2n) is 3.84. The smallest absolute Gasteiger partial charge is 0.418 e. The lowest BCUT2D eigenvalue weighted by atomic mass is 10.1. The third-order valence-corrected chi connectivity index (χ3v) is 2.95. The van der Waals surface area contributed by atoms with Crippen LogP contribution in [0, 0.1) is 0 Å². The summed E-state index contributed by atoms with van der Waals surface area (Å²) in [6.07, 6.45) is -3.57. The number of aromatic carboxylic acids is 1. The number of nitrogen functional groups attached to an aromatic ring is 1. The van der Waals surface area contributed by atoms with Crippen LogP contribution >= 0.6 is 15.9 Å². The van der Waals surface area contributed by atoms with Gasteiger partial charge in [-0.15, -0.1) is 0 Å². The fourth-order valence-corrected chi connectivity index (χ4v) is 1.96. The van der Waals surface area contributed by atoms with Gasteiger partial charge in [-0.05, 0) is 18.2 Å². The summed E-state index contributed by atoms with van der Waals surface area (Å²) >= 11 is 3.06. The molecule has 106 valence electrons. The number of hydrogen-bond acceptors (Lipinski definition) is 3. The average Bonchev–Trinajstić information content (AvgIpc) is 2.69. The van der Waals surface area contributed by atoms with E-state index in [1.165, 1.54) is 12.1 Å². The Balaban J connectivity index is 2.66. The molecule has 0 aliphatic rings. The molecule has 9 heteroatoms. The number of carboxylic acid groups (broad SMARTS) is 1. The molecular formula is C11H7BrF3N3O2. The Morgan fingerprint density at radius 2 is 2.05 bits per heavy atom. The van der Waals surface area contributed by atoms with E-state index in [0.29, 0.717) is 4.47 Å². The first-order valence-electron chi connectivity index (χ1n) is 5.15. The largest absolute Gasteiger partial charge is 0.476 e. The molecule has 3 N–H and O–H groups in total. The summed E-state index contributed by atoms with van der Waals surface area (Å²) < 4.78 is 40.0. The maximum atomic E-state index is 12.9. The number of nitrogens with zero attached hydrogens (tertiary/aromatic N) is 2. The van der Waals surface area contributed by atoms with Crippen LogP contribution in [0.15, 0.2) is 28.9 Å². The van der Waals surface area contributed by atoms with Gasteiger partial charge in [0.25, 0.3) is 0 Å². The van der Waals surface area contributed by atoms with Crippen molar-refractivity contribution in [1.29, 1.82) is 0 Å². The Labute approximate surface area is 118 Å². The van der Waals surface area contributed by atoms with Crippen LogP contribution in [-0.2, 0) is 6.18 Å². The number of carbonyl (C=O) groups is 1. The standard InChI is InChI=1S/C11H7BrF3N3O2/c12-5-1-2-6(11(13,14)15)8(3-5)18-4-7(16)9(17-18)10(19)20/h1-4H,16H2,(H,19,20). The summed E-state index contributed by atoms with van der Waals surface area (Å²) in [4.78, 5) is 10.8. The maximum absolute atomic E-state index is 12.9. The van der Waals surface area contributed by atoms with Gasteiger partial charge in [-0.25, -0.2) is 9.48 Å². The van der Waals surface area contributed by atoms with Crippen molar-refractivity contribution < 1.29 is 23.1 Å². The Kier molecular flexibility index (Phi) is 3.46. The molecule has 2 aromatic rings. The summed E-state index contributed by atoms with van der Waals surface area (Å²) in [7, 11) is 0. The normalized spacial score (nSPS) is 11.6. The van der Waals surface area contributed by atoms with Crippen molar-refractivity contribution in [3.8, 4) is 5.69 Å². The number of anilines is 1. The van der Waals surface area contributed by atoms with E-state index in [1.54, 1.807) is 0 Å². The number of hydrogen-bond donors (Lipinski definition) is 2. The van der Waals surface area contributed by atoms with E-state index in [-0.39, 0.29) is 11.4 Å². The minimum atomic E-state index is -4.60. The van der Waals surface area contributed by atoms with E-state index in [1.807, 2.05) is 0 Å². The van der Waals surface area contributed by atoms with Crippen molar-refractivity contribution in [2.45, 2.75) is 6.18 Å². The first-order chi connectivity index (χ1) is 9.20. The van der Waals surface area contributed by atoms with Gasteiger partial charge >= 0.3 is 12.1 Å². The molecule has 1 aromatic heterocycles. The zero-order valence-electron chi connectivity index (χ0n) is 9.65. The van der Waals surface area contributed by atoms with Gasteiger partial charge in [-0.2, -0.15) is 18.3 Å². The highest BCUT2D eigenvalue weighted by Gasteiger charge is 2.34. The molecule has 1 heterocycles. The molecule has 0 unspecified atom stereocenters. The first kappa shape index (κ1) is 14.4. The third-order valence-electron chi connectivity index (χ3n) is 2.46. The third kappa shape index (κ3) is 2.62. The van der Waals surface area contributed by atoms with Gasteiger partial charge in [0.2, 0.25) is 0 Å². The number of carboxylic acids is 1. The number of alkyl halides is 3. The molecule has 0 saturated carbocycles. The molecular weight excluding hydrogens is 343 g/mol. The molecule has 0 atom stereocenters. The van der Waals surface area contributed by atoms with Crippen molar-refractivity contribution in [2.24, 2.45) is 0 Å². The minimum absolute atomic E-state index is 0.217. The highest BCUT2D eigenvalue weighted by Crippen LogP contribution is 2.35. The van der Waals surface area contributed by atoms with Crippen LogP contribution in [0.1, 0.15) is 16.1 Å². The molecule has 0 saturated heterocycles. The van der Waals surface area contributed by atoms with Gasteiger partial charge in [0.05, 0.1) is 23.1 Å². The summed E-state index contributed by atoms with van der Waals surface area (Å²) in [6, 6.07) is 3.29. The Morgan fingerprint density at radius 1 is 1.40 bits per heavy atom. The van der Waals surface area contributed by atoms with Crippen LogP contribution in [0.2, 0.25) is 0 Å². The van der Waals surface area contributed by atoms with E-state index >= 15 is 0 Å². The molecule has 0 bridgehead atoms. The van der Waals surface area contributed by atoms with E-state index < -0.39 is 23.4 Å². The van der Waals surface area contributed by atoms with E-state index in [2.05, 4.69) is 21.0 Å². The van der Waals surface area contributed by atoms with Gasteiger partial charge in [0.15, 0.2) is 5.69 Å². The Bertz CT molecular complexity index is 682. The van der Waals surface area contributed by atoms with Crippen LogP contribution in [0.3, 0.4) is 0 Å². The Hall–Kier alpha value is -2.03. The average molecular weight is 350 g/mol. The summed E-state index contributed by atoms with van der Waals surface area (Å²) in [5.74, 6) is -1.41. The predicted octanol–water partition coefficient (Wildman–Crippen LogP) is 2.93. The lowest BCUT2D eigenvalue weighted by Gasteiger charge is -2.12. The number of rotatable bonds is 2. The second-order valence-corrected chi connectivity index (χ2v) is 4.76. The molecule has 20 heavy (non-hydrogen) atoms. The van der Waals surface area contributed by atoms with Gasteiger partial charge in [-0.1, -0.05) is 15.9 Å². The van der Waals surface area contributed by atoms with Gasteiger partial charge in [0.1, 0.15) is 0 Å². The fourth-order valence-electron chi connectivity index (χ4n) is 1.61. The van der Waals surface area contributed by atoms with Crippen molar-refractivity contribution in [2.75, 3.05) is 5.73 Å². The fraction of sp³-hybridized carbons (Fsp3) is 0.0909. The highest BCUT2D eigenvalue weighted by molar-refractivity contribution is 9.10. The predicted molar refractivity (Wildman–Crippen MR) is 67.6 cm³/mol. The number of aromatic nitrogens is 2. The summed E-state index contributed by atoms with van der Waals surface area (Å²) in [5, 5.41) is 12.4. The van der Waals surface area contributed by atoms with E-state index in [0.717, 1.165) is 16.9 Å². The van der Waals surface area contributed by atoms with Crippen LogP contribution in [0.5, 0.6) is 0 Å². The van der Waals surface area contributed by atoms with Crippen LogP contribution in [0.25, 0.3) is 5.69 Å². The van der Waals surface area contributed by atoms with E-state index in [9.17, 15) is 18.0 Å². The minimum Gasteiger partial charge on any atom is -0.476 e. The molecule has 2 rings (SSSR count). The van der Waals surface area contributed by atoms with Crippen LogP contribution in [0.4, 0.5) is 18.9 Å². The monoisotopic (exact) mass is 349 g/mol. The molecule has 0 radical (unpaired) electrons. The highest BCUT2D eigenvalue weighted by atomic mass is 79.9. The summed E-state index contributed by atoms with van der Waals surface area (Å²) in [5.41, 5.74) is 3.44. The number of benzene rings is 1. The zero-order chi connectivity index (χ0) is 15.1. The number of nitrogens with two attached hydrogens (primary N) is 1. The first-order valence-corrected chi connectivity index (χ1v) is 5.95. The Morgan fingerprint density at radius 3 is 2.55 bits per heavy atom. The van der Waals surface area contributed by atoms with Crippen molar-refractivity contribution in [3.05, 3.63) is 40.1 Å².